The number of aliphatic hydroxyl groups is 1. The van der Waals surface area contributed by atoms with Crippen molar-refractivity contribution >= 4 is 0 Å². The lowest BCUT2D eigenvalue weighted by atomic mass is 9.86. The first-order valence-corrected chi connectivity index (χ1v) is 7.12. The lowest BCUT2D eigenvalue weighted by molar-refractivity contribution is 0.118. The van der Waals surface area contributed by atoms with Crippen LogP contribution < -0.4 is 5.32 Å². The highest BCUT2D eigenvalue weighted by atomic mass is 16.3. The molecule has 1 rings (SSSR count). The number of aliphatic hydroxyl groups excluding tert-OH is 1. The van der Waals surface area contributed by atoms with Crippen LogP contribution in [0.3, 0.4) is 0 Å². The number of hydrogen-bond acceptors (Lipinski definition) is 3. The molecular weight excluding hydrogens is 212 g/mol. The molecule has 0 bridgehead atoms. The minimum atomic E-state index is -0.151. The molecule has 3 heteroatoms. The van der Waals surface area contributed by atoms with Gasteiger partial charge in [-0.1, -0.05) is 20.8 Å². The quantitative estimate of drug-likeness (QED) is 0.713. The van der Waals surface area contributed by atoms with Gasteiger partial charge in [0.1, 0.15) is 0 Å². The zero-order valence-electron chi connectivity index (χ0n) is 12.0. The van der Waals surface area contributed by atoms with Gasteiger partial charge in [0.25, 0.3) is 0 Å². The Balaban J connectivity index is 2.41. The smallest absolute Gasteiger partial charge is 0.0552 e. The maximum atomic E-state index is 9.63. The highest BCUT2D eigenvalue weighted by Gasteiger charge is 2.31. The fourth-order valence-electron chi connectivity index (χ4n) is 2.66. The van der Waals surface area contributed by atoms with E-state index >= 15 is 0 Å². The summed E-state index contributed by atoms with van der Waals surface area (Å²) < 4.78 is 0. The number of nitrogens with zero attached hydrogens (tertiary/aromatic N) is 1. The van der Waals surface area contributed by atoms with E-state index in [1.165, 1.54) is 6.42 Å². The van der Waals surface area contributed by atoms with Crippen molar-refractivity contribution in [2.75, 3.05) is 32.7 Å². The molecule has 3 nitrogen and oxygen atoms in total. The second-order valence-electron chi connectivity index (χ2n) is 5.97. The molecule has 2 N–H and O–H groups in total. The number of hydrogen-bond donors (Lipinski definition) is 2. The number of rotatable bonds is 7. The van der Waals surface area contributed by atoms with E-state index in [2.05, 4.69) is 31.0 Å². The number of nitrogens with one attached hydrogen (secondary N) is 1. The Labute approximate surface area is 107 Å². The van der Waals surface area contributed by atoms with Crippen LogP contribution >= 0.6 is 0 Å². The third-order valence-electron chi connectivity index (χ3n) is 4.25. The molecule has 0 aliphatic carbocycles. The van der Waals surface area contributed by atoms with Crippen LogP contribution in [-0.4, -0.2) is 48.8 Å². The molecule has 3 atom stereocenters. The molecule has 0 aromatic carbocycles. The summed E-state index contributed by atoms with van der Waals surface area (Å²) in [5, 5.41) is 13.1. The average molecular weight is 242 g/mol. The molecule has 1 heterocycles. The predicted molar refractivity (Wildman–Crippen MR) is 73.2 cm³/mol. The third kappa shape index (κ3) is 4.57. The summed E-state index contributed by atoms with van der Waals surface area (Å²) in [5.74, 6) is 0.482. The normalized spacial score (nSPS) is 27.0. The van der Waals surface area contributed by atoms with E-state index < -0.39 is 0 Å². The fraction of sp³-hybridized carbons (Fsp3) is 1.00. The Morgan fingerprint density at radius 3 is 2.65 bits per heavy atom. The van der Waals surface area contributed by atoms with Gasteiger partial charge < -0.3 is 15.3 Å². The SMILES string of the molecule is CCNCC(C)(CC)CN1CCC(C(C)O)C1. The maximum Gasteiger partial charge on any atom is 0.0552 e. The summed E-state index contributed by atoms with van der Waals surface area (Å²) in [7, 11) is 0. The van der Waals surface area contributed by atoms with Gasteiger partial charge in [0.2, 0.25) is 0 Å². The molecule has 1 aliphatic heterocycles. The first kappa shape index (κ1) is 14.9. The van der Waals surface area contributed by atoms with Crippen molar-refractivity contribution in [3.05, 3.63) is 0 Å². The van der Waals surface area contributed by atoms with Gasteiger partial charge >= 0.3 is 0 Å². The van der Waals surface area contributed by atoms with Gasteiger partial charge in [-0.25, -0.2) is 0 Å². The first-order chi connectivity index (χ1) is 8.00. The summed E-state index contributed by atoms with van der Waals surface area (Å²) in [6.45, 7) is 14.2. The van der Waals surface area contributed by atoms with Crippen molar-refractivity contribution < 1.29 is 5.11 Å². The average Bonchev–Trinajstić information content (AvgIpc) is 2.75. The summed E-state index contributed by atoms with van der Waals surface area (Å²) >= 11 is 0. The van der Waals surface area contributed by atoms with Crippen molar-refractivity contribution in [2.45, 2.75) is 46.6 Å². The Morgan fingerprint density at radius 1 is 1.47 bits per heavy atom. The van der Waals surface area contributed by atoms with E-state index in [0.29, 0.717) is 11.3 Å². The molecule has 0 aromatic heterocycles. The van der Waals surface area contributed by atoms with Crippen LogP contribution in [0.4, 0.5) is 0 Å². The van der Waals surface area contributed by atoms with Crippen molar-refractivity contribution in [3.63, 3.8) is 0 Å². The van der Waals surface area contributed by atoms with Crippen molar-refractivity contribution in [2.24, 2.45) is 11.3 Å². The van der Waals surface area contributed by atoms with Crippen LogP contribution in [0.25, 0.3) is 0 Å². The van der Waals surface area contributed by atoms with Crippen LogP contribution in [0.2, 0.25) is 0 Å². The Hall–Kier alpha value is -0.120. The van der Waals surface area contributed by atoms with Crippen molar-refractivity contribution in [3.8, 4) is 0 Å². The lowest BCUT2D eigenvalue weighted by Crippen LogP contribution is -2.41. The van der Waals surface area contributed by atoms with Crippen LogP contribution in [0.15, 0.2) is 0 Å². The fourth-order valence-corrected chi connectivity index (χ4v) is 2.66. The molecule has 102 valence electrons. The van der Waals surface area contributed by atoms with Crippen molar-refractivity contribution in [1.29, 1.82) is 0 Å². The minimum Gasteiger partial charge on any atom is -0.393 e. The van der Waals surface area contributed by atoms with Crippen molar-refractivity contribution in [1.82, 2.24) is 10.2 Å². The van der Waals surface area contributed by atoms with E-state index in [1.54, 1.807) is 0 Å². The minimum absolute atomic E-state index is 0.151. The van der Waals surface area contributed by atoms with E-state index in [0.717, 1.165) is 39.1 Å². The Kier molecular flexibility index (Phi) is 5.90. The van der Waals surface area contributed by atoms with E-state index in [1.807, 2.05) is 6.92 Å². The van der Waals surface area contributed by atoms with Gasteiger partial charge in [0.15, 0.2) is 0 Å². The van der Waals surface area contributed by atoms with Gasteiger partial charge in [-0.3, -0.25) is 0 Å². The second-order valence-corrected chi connectivity index (χ2v) is 5.97. The monoisotopic (exact) mass is 242 g/mol. The maximum absolute atomic E-state index is 9.63. The Morgan fingerprint density at radius 2 is 2.18 bits per heavy atom. The standard InChI is InChI=1S/C14H30N2O/c1-5-14(4,10-15-6-2)11-16-8-7-13(9-16)12(3)17/h12-13,15,17H,5-11H2,1-4H3. The molecule has 3 unspecified atom stereocenters. The largest absolute Gasteiger partial charge is 0.393 e. The predicted octanol–water partition coefficient (Wildman–Crippen LogP) is 1.71. The molecule has 0 aromatic rings. The van der Waals surface area contributed by atoms with E-state index in [9.17, 15) is 5.11 Å². The van der Waals surface area contributed by atoms with E-state index in [4.69, 9.17) is 0 Å². The molecule has 1 fully saturated rings. The summed E-state index contributed by atoms with van der Waals surface area (Å²) in [5.41, 5.74) is 0.365. The van der Waals surface area contributed by atoms with Crippen LogP contribution in [0, 0.1) is 11.3 Å². The highest BCUT2D eigenvalue weighted by Crippen LogP contribution is 2.26. The van der Waals surface area contributed by atoms with Gasteiger partial charge in [0, 0.05) is 19.6 Å². The summed E-state index contributed by atoms with van der Waals surface area (Å²) in [6.07, 6.45) is 2.20. The molecule has 17 heavy (non-hydrogen) atoms. The van der Waals surface area contributed by atoms with Crippen LogP contribution in [-0.2, 0) is 0 Å². The van der Waals surface area contributed by atoms with Gasteiger partial charge in [-0.15, -0.1) is 0 Å². The van der Waals surface area contributed by atoms with E-state index in [-0.39, 0.29) is 6.10 Å². The lowest BCUT2D eigenvalue weighted by Gasteiger charge is -2.33. The van der Waals surface area contributed by atoms with Crippen LogP contribution in [0.1, 0.15) is 40.5 Å². The first-order valence-electron chi connectivity index (χ1n) is 7.12. The Bertz CT molecular complexity index is 220. The second kappa shape index (κ2) is 6.72. The zero-order valence-corrected chi connectivity index (χ0v) is 12.0. The topological polar surface area (TPSA) is 35.5 Å². The summed E-state index contributed by atoms with van der Waals surface area (Å²) in [6, 6.07) is 0. The third-order valence-corrected chi connectivity index (χ3v) is 4.25. The van der Waals surface area contributed by atoms with Crippen LogP contribution in [0.5, 0.6) is 0 Å². The molecular formula is C14H30N2O. The molecule has 0 amide bonds. The molecule has 0 radical (unpaired) electrons. The van der Waals surface area contributed by atoms with Gasteiger partial charge in [-0.05, 0) is 44.2 Å². The number of likely N-dealkylation sites (tertiary alicyclic amines) is 1. The molecule has 0 saturated carbocycles. The van der Waals surface area contributed by atoms with Gasteiger partial charge in [-0.2, -0.15) is 0 Å². The molecule has 1 aliphatic rings. The van der Waals surface area contributed by atoms with Gasteiger partial charge in [0.05, 0.1) is 6.10 Å². The zero-order chi connectivity index (χ0) is 12.9. The highest BCUT2D eigenvalue weighted by molar-refractivity contribution is 4.85. The molecule has 0 spiro atoms. The molecule has 1 saturated heterocycles. The summed E-state index contributed by atoms with van der Waals surface area (Å²) in [4.78, 5) is 2.53.